The molecule has 2 atom stereocenters. The lowest BCUT2D eigenvalue weighted by molar-refractivity contribution is -0.143. The molecular formula is C9H17NO6S2. The summed E-state index contributed by atoms with van der Waals surface area (Å²) in [6.45, 7) is 0. The topological polar surface area (TPSA) is 118 Å². The van der Waals surface area contributed by atoms with E-state index in [4.69, 9.17) is 5.11 Å². The molecule has 2 N–H and O–H groups in total. The van der Waals surface area contributed by atoms with Crippen LogP contribution in [0.4, 0.5) is 0 Å². The van der Waals surface area contributed by atoms with Crippen molar-refractivity contribution in [1.29, 1.82) is 0 Å². The summed E-state index contributed by atoms with van der Waals surface area (Å²) < 4.78 is 47.3. The first-order valence-electron chi connectivity index (χ1n) is 5.51. The number of rotatable bonds is 5. The van der Waals surface area contributed by atoms with Crippen molar-refractivity contribution < 1.29 is 26.7 Å². The Balaban J connectivity index is 2.78. The molecule has 0 aromatic rings. The Bertz CT molecular complexity index is 509. The van der Waals surface area contributed by atoms with Crippen molar-refractivity contribution in [3.8, 4) is 0 Å². The van der Waals surface area contributed by atoms with Crippen molar-refractivity contribution in [3.63, 3.8) is 0 Å². The first kappa shape index (κ1) is 15.4. The summed E-state index contributed by atoms with van der Waals surface area (Å²) in [7, 11) is -7.67. The second-order valence-electron chi connectivity index (χ2n) is 4.61. The highest BCUT2D eigenvalue weighted by Gasteiger charge is 2.34. The molecule has 0 aliphatic heterocycles. The smallest absolute Gasteiger partial charge is 0.308 e. The summed E-state index contributed by atoms with van der Waals surface area (Å²) in [6.07, 6.45) is 3.11. The highest BCUT2D eigenvalue weighted by Crippen LogP contribution is 2.25. The van der Waals surface area contributed by atoms with Crippen LogP contribution < -0.4 is 4.72 Å². The fraction of sp³-hybridized carbons (Fsp3) is 0.889. The van der Waals surface area contributed by atoms with Crippen LogP contribution in [-0.2, 0) is 24.7 Å². The Labute approximate surface area is 107 Å². The minimum absolute atomic E-state index is 0.404. The second kappa shape index (κ2) is 5.54. The quantitative estimate of drug-likeness (QED) is 0.710. The molecule has 0 saturated heterocycles. The summed E-state index contributed by atoms with van der Waals surface area (Å²) >= 11 is 0. The van der Waals surface area contributed by atoms with Gasteiger partial charge in [0.25, 0.3) is 0 Å². The molecule has 9 heteroatoms. The Morgan fingerprint density at radius 3 is 2.28 bits per heavy atom. The van der Waals surface area contributed by atoms with Crippen LogP contribution in [0.1, 0.15) is 25.7 Å². The standard InChI is InChI=1S/C9H17NO6S2/c1-17(13,14)6-18(15,16)10-8-5-3-2-4-7(8)9(11)12/h7-8,10H,2-6H2,1H3,(H,11,12). The van der Waals surface area contributed by atoms with E-state index in [1.165, 1.54) is 0 Å². The number of sulfone groups is 1. The van der Waals surface area contributed by atoms with Gasteiger partial charge in [0.15, 0.2) is 14.9 Å². The lowest BCUT2D eigenvalue weighted by Crippen LogP contribution is -2.46. The van der Waals surface area contributed by atoms with Gasteiger partial charge in [0.1, 0.15) is 0 Å². The molecule has 1 saturated carbocycles. The van der Waals surface area contributed by atoms with Crippen molar-refractivity contribution in [2.75, 3.05) is 11.3 Å². The average molecular weight is 299 g/mol. The fourth-order valence-electron chi connectivity index (χ4n) is 2.11. The molecular weight excluding hydrogens is 282 g/mol. The minimum atomic E-state index is -4.01. The maximum absolute atomic E-state index is 11.6. The van der Waals surface area contributed by atoms with E-state index in [0.29, 0.717) is 12.8 Å². The van der Waals surface area contributed by atoms with Gasteiger partial charge in [-0.2, -0.15) is 0 Å². The van der Waals surface area contributed by atoms with E-state index in [1.54, 1.807) is 0 Å². The molecule has 0 spiro atoms. The number of sulfonamides is 1. The van der Waals surface area contributed by atoms with Crippen molar-refractivity contribution in [2.24, 2.45) is 5.92 Å². The summed E-state index contributed by atoms with van der Waals surface area (Å²) in [4.78, 5) is 11.0. The van der Waals surface area contributed by atoms with Gasteiger partial charge < -0.3 is 5.11 Å². The van der Waals surface area contributed by atoms with Gasteiger partial charge in [-0.3, -0.25) is 4.79 Å². The Morgan fingerprint density at radius 1 is 1.22 bits per heavy atom. The molecule has 1 aliphatic carbocycles. The molecule has 0 heterocycles. The predicted octanol–water partition coefficient (Wildman–Crippen LogP) is -0.449. The maximum Gasteiger partial charge on any atom is 0.308 e. The molecule has 0 bridgehead atoms. The minimum Gasteiger partial charge on any atom is -0.481 e. The SMILES string of the molecule is CS(=O)(=O)CS(=O)(=O)NC1CCCCC1C(=O)O. The van der Waals surface area contributed by atoms with Gasteiger partial charge in [0, 0.05) is 12.3 Å². The second-order valence-corrected chi connectivity index (χ2v) is 8.87. The van der Waals surface area contributed by atoms with Crippen molar-refractivity contribution in [1.82, 2.24) is 4.72 Å². The number of aliphatic carboxylic acids is 1. The number of carboxylic acids is 1. The fourth-order valence-corrected chi connectivity index (χ4v) is 5.38. The number of hydrogen-bond donors (Lipinski definition) is 2. The third kappa shape index (κ3) is 4.91. The van der Waals surface area contributed by atoms with Gasteiger partial charge in [-0.05, 0) is 12.8 Å². The van der Waals surface area contributed by atoms with Gasteiger partial charge in [0.05, 0.1) is 5.92 Å². The zero-order chi connectivity index (χ0) is 14.0. The van der Waals surface area contributed by atoms with Gasteiger partial charge in [-0.1, -0.05) is 12.8 Å². The lowest BCUT2D eigenvalue weighted by Gasteiger charge is -2.28. The van der Waals surface area contributed by atoms with Crippen LogP contribution in [0.3, 0.4) is 0 Å². The summed E-state index contributed by atoms with van der Waals surface area (Å²) in [5.41, 5.74) is 0. The highest BCUT2D eigenvalue weighted by molar-refractivity contribution is 8.06. The molecule has 1 fully saturated rings. The normalized spacial score (nSPS) is 25.8. The van der Waals surface area contributed by atoms with Gasteiger partial charge in [-0.25, -0.2) is 21.6 Å². The number of carboxylic acid groups (broad SMARTS) is 1. The average Bonchev–Trinajstić information content (AvgIpc) is 2.13. The van der Waals surface area contributed by atoms with E-state index in [0.717, 1.165) is 19.1 Å². The molecule has 106 valence electrons. The van der Waals surface area contributed by atoms with E-state index in [9.17, 15) is 21.6 Å². The summed E-state index contributed by atoms with van der Waals surface area (Å²) in [5, 5.41) is 7.97. The molecule has 0 aromatic heterocycles. The molecule has 2 unspecified atom stereocenters. The molecule has 1 aliphatic rings. The van der Waals surface area contributed by atoms with Crippen LogP contribution in [-0.4, -0.2) is 45.3 Å². The lowest BCUT2D eigenvalue weighted by atomic mass is 9.85. The molecule has 7 nitrogen and oxygen atoms in total. The highest BCUT2D eigenvalue weighted by atomic mass is 32.3. The predicted molar refractivity (Wildman–Crippen MR) is 65.1 cm³/mol. The Kier molecular flexibility index (Phi) is 4.73. The van der Waals surface area contributed by atoms with Gasteiger partial charge in [0.2, 0.25) is 10.0 Å². The first-order chi connectivity index (χ1) is 8.11. The van der Waals surface area contributed by atoms with Crippen LogP contribution in [0.25, 0.3) is 0 Å². The Hall–Kier alpha value is -0.670. The maximum atomic E-state index is 11.6. The molecule has 18 heavy (non-hydrogen) atoms. The van der Waals surface area contributed by atoms with Gasteiger partial charge >= 0.3 is 5.97 Å². The molecule has 1 rings (SSSR count). The van der Waals surface area contributed by atoms with E-state index < -0.39 is 42.9 Å². The molecule has 0 radical (unpaired) electrons. The van der Waals surface area contributed by atoms with E-state index in [2.05, 4.69) is 4.72 Å². The zero-order valence-corrected chi connectivity index (χ0v) is 11.6. The van der Waals surface area contributed by atoms with Crippen LogP contribution >= 0.6 is 0 Å². The number of hydrogen-bond acceptors (Lipinski definition) is 5. The van der Waals surface area contributed by atoms with Crippen LogP contribution in [0.2, 0.25) is 0 Å². The number of carbonyl (C=O) groups is 1. The third-order valence-electron chi connectivity index (χ3n) is 2.78. The van der Waals surface area contributed by atoms with Crippen molar-refractivity contribution >= 4 is 25.8 Å². The largest absolute Gasteiger partial charge is 0.481 e. The van der Waals surface area contributed by atoms with Crippen LogP contribution in [0.15, 0.2) is 0 Å². The zero-order valence-electron chi connectivity index (χ0n) is 10.00. The van der Waals surface area contributed by atoms with Gasteiger partial charge in [-0.15, -0.1) is 0 Å². The monoisotopic (exact) mass is 299 g/mol. The summed E-state index contributed by atoms with van der Waals surface area (Å²) in [5.74, 6) is -1.84. The van der Waals surface area contributed by atoms with Crippen molar-refractivity contribution in [3.05, 3.63) is 0 Å². The molecule has 0 aromatic carbocycles. The summed E-state index contributed by atoms with van der Waals surface area (Å²) in [6, 6.07) is -0.719. The van der Waals surface area contributed by atoms with E-state index in [1.807, 2.05) is 0 Å². The van der Waals surface area contributed by atoms with Crippen LogP contribution in [0, 0.1) is 5.92 Å². The van der Waals surface area contributed by atoms with Crippen LogP contribution in [0.5, 0.6) is 0 Å². The third-order valence-corrected chi connectivity index (χ3v) is 6.40. The van der Waals surface area contributed by atoms with Crippen molar-refractivity contribution in [2.45, 2.75) is 31.7 Å². The number of nitrogens with one attached hydrogen (secondary N) is 1. The Morgan fingerprint density at radius 2 is 1.78 bits per heavy atom. The molecule has 0 amide bonds. The van der Waals surface area contributed by atoms with E-state index >= 15 is 0 Å². The first-order valence-corrected chi connectivity index (χ1v) is 9.22. The van der Waals surface area contributed by atoms with E-state index in [-0.39, 0.29) is 0 Å².